The average molecular weight is 426 g/mol. The van der Waals surface area contributed by atoms with Crippen LogP contribution < -0.4 is 14.2 Å². The molecule has 3 unspecified atom stereocenters. The van der Waals surface area contributed by atoms with Crippen molar-refractivity contribution in [2.45, 2.75) is 46.1 Å². The van der Waals surface area contributed by atoms with Crippen molar-refractivity contribution in [2.24, 2.45) is 17.8 Å². The molecule has 1 fully saturated rings. The number of methoxy groups -OCH3 is 3. The maximum Gasteiger partial charge on any atom is 0.543 e. The summed E-state index contributed by atoms with van der Waals surface area (Å²) in [6, 6.07) is 2.75. The largest absolute Gasteiger partial charge is 0.543 e. The minimum Gasteiger partial charge on any atom is -0.493 e. The Hall–Kier alpha value is -2.68. The average Bonchev–Trinajstić information content (AvgIpc) is 2.72. The van der Waals surface area contributed by atoms with Gasteiger partial charge in [0.1, 0.15) is 6.10 Å². The van der Waals surface area contributed by atoms with E-state index < -0.39 is 12.1 Å². The van der Waals surface area contributed by atoms with Crippen molar-refractivity contribution >= 4 is 12.1 Å². The van der Waals surface area contributed by atoms with Gasteiger partial charge in [0.05, 0.1) is 31.9 Å². The molecule has 0 aromatic heterocycles. The Morgan fingerprint density at radius 3 is 2.13 bits per heavy atom. The molecule has 9 heteroatoms. The summed E-state index contributed by atoms with van der Waals surface area (Å²) < 4.78 is 20.9. The quantitative estimate of drug-likeness (QED) is 0.342. The lowest BCUT2D eigenvalue weighted by Crippen LogP contribution is -2.36. The molecule has 0 N–H and O–H groups in total. The minimum absolute atomic E-state index is 0.0439. The summed E-state index contributed by atoms with van der Waals surface area (Å²) in [5, 5.41) is 4.34. The first kappa shape index (κ1) is 23.6. The second kappa shape index (κ2) is 10.9. The molecule has 0 amide bonds. The maximum absolute atomic E-state index is 12.2. The van der Waals surface area contributed by atoms with Crippen molar-refractivity contribution in [3.05, 3.63) is 17.7 Å². The fourth-order valence-electron chi connectivity index (χ4n) is 3.72. The Kier molecular flexibility index (Phi) is 8.58. The molecule has 0 heterocycles. The monoisotopic (exact) mass is 426 g/mol. The van der Waals surface area contributed by atoms with Crippen LogP contribution in [-0.4, -0.2) is 39.6 Å². The standard InChI is InChI=1S/C21H30O9/c1-12(2)15-8-7-13(3)9-16(15)27-21(23)29-30-28-20(22)14-10-17(24-4)19(26-6)18(11-14)25-5/h10-13,15-16H,7-9H2,1-6H3. The first-order valence-corrected chi connectivity index (χ1v) is 9.86. The van der Waals surface area contributed by atoms with E-state index in [1.807, 2.05) is 0 Å². The fraction of sp³-hybridized carbons (Fsp3) is 0.619. The lowest BCUT2D eigenvalue weighted by Gasteiger charge is -2.36. The topological polar surface area (TPSA) is 98.8 Å². The van der Waals surface area contributed by atoms with Crippen LogP contribution in [0.1, 0.15) is 50.4 Å². The Morgan fingerprint density at radius 1 is 0.967 bits per heavy atom. The first-order chi connectivity index (χ1) is 14.3. The minimum atomic E-state index is -1.06. The number of carbonyl (C=O) groups is 2. The van der Waals surface area contributed by atoms with Crippen LogP contribution in [0.2, 0.25) is 0 Å². The van der Waals surface area contributed by atoms with Crippen LogP contribution in [0.3, 0.4) is 0 Å². The Morgan fingerprint density at radius 2 is 1.60 bits per heavy atom. The summed E-state index contributed by atoms with van der Waals surface area (Å²) in [5.41, 5.74) is 0.0439. The predicted octanol–water partition coefficient (Wildman–Crippen LogP) is 4.33. The van der Waals surface area contributed by atoms with Gasteiger partial charge >= 0.3 is 12.1 Å². The highest BCUT2D eigenvalue weighted by Crippen LogP contribution is 2.38. The first-order valence-electron chi connectivity index (χ1n) is 9.86. The van der Waals surface area contributed by atoms with Crippen molar-refractivity contribution in [3.63, 3.8) is 0 Å². The van der Waals surface area contributed by atoms with E-state index in [1.54, 1.807) is 0 Å². The van der Waals surface area contributed by atoms with Gasteiger partial charge in [0.2, 0.25) is 5.75 Å². The van der Waals surface area contributed by atoms with Gasteiger partial charge in [-0.15, -0.1) is 0 Å². The van der Waals surface area contributed by atoms with E-state index in [1.165, 1.54) is 33.5 Å². The van der Waals surface area contributed by atoms with E-state index in [9.17, 15) is 9.59 Å². The zero-order valence-electron chi connectivity index (χ0n) is 18.3. The van der Waals surface area contributed by atoms with Gasteiger partial charge in [-0.25, -0.2) is 14.5 Å². The van der Waals surface area contributed by atoms with Crippen LogP contribution in [0, 0.1) is 17.8 Å². The molecule has 1 saturated carbocycles. The van der Waals surface area contributed by atoms with Crippen molar-refractivity contribution in [1.29, 1.82) is 0 Å². The van der Waals surface area contributed by atoms with Gasteiger partial charge in [0, 0.05) is 0 Å². The molecule has 0 bridgehead atoms. The molecule has 1 aliphatic carbocycles. The van der Waals surface area contributed by atoms with Crippen LogP contribution in [-0.2, 0) is 19.6 Å². The van der Waals surface area contributed by atoms with Gasteiger partial charge in [0.25, 0.3) is 0 Å². The molecular formula is C21H30O9. The van der Waals surface area contributed by atoms with E-state index >= 15 is 0 Å². The maximum atomic E-state index is 12.2. The lowest BCUT2D eigenvalue weighted by molar-refractivity contribution is -0.453. The Balaban J connectivity index is 1.91. The molecule has 30 heavy (non-hydrogen) atoms. The van der Waals surface area contributed by atoms with Crippen molar-refractivity contribution in [2.75, 3.05) is 21.3 Å². The molecule has 0 aliphatic heterocycles. The van der Waals surface area contributed by atoms with Crippen LogP contribution in [0.5, 0.6) is 17.2 Å². The predicted molar refractivity (Wildman–Crippen MR) is 105 cm³/mol. The number of ether oxygens (including phenoxy) is 4. The summed E-state index contributed by atoms with van der Waals surface area (Å²) >= 11 is 0. The summed E-state index contributed by atoms with van der Waals surface area (Å²) in [6.07, 6.45) is 1.51. The fourth-order valence-corrected chi connectivity index (χ4v) is 3.72. The van der Waals surface area contributed by atoms with Gasteiger partial charge in [0.15, 0.2) is 11.5 Å². The number of carbonyl (C=O) groups excluding carboxylic acids is 2. The van der Waals surface area contributed by atoms with Crippen LogP contribution in [0.4, 0.5) is 4.79 Å². The van der Waals surface area contributed by atoms with Gasteiger partial charge in [-0.1, -0.05) is 27.2 Å². The highest BCUT2D eigenvalue weighted by molar-refractivity contribution is 5.90. The number of benzene rings is 1. The van der Waals surface area contributed by atoms with Crippen LogP contribution in [0.15, 0.2) is 12.1 Å². The van der Waals surface area contributed by atoms with Gasteiger partial charge in [-0.05, 0) is 42.7 Å². The van der Waals surface area contributed by atoms with Gasteiger partial charge in [-0.3, -0.25) is 4.89 Å². The summed E-state index contributed by atoms with van der Waals surface area (Å²) in [5.74, 6) is 0.985. The normalized spacial score (nSPS) is 21.0. The highest BCUT2D eigenvalue weighted by atomic mass is 17.5. The van der Waals surface area contributed by atoms with E-state index in [4.69, 9.17) is 18.9 Å². The molecule has 3 atom stereocenters. The molecular weight excluding hydrogens is 396 g/mol. The second-order valence-electron chi connectivity index (χ2n) is 7.67. The molecule has 9 nitrogen and oxygen atoms in total. The SMILES string of the molecule is COc1cc(C(=O)OOOC(=O)OC2CC(C)CCC2C(C)C)cc(OC)c1OC. The smallest absolute Gasteiger partial charge is 0.493 e. The molecule has 1 aromatic carbocycles. The van der Waals surface area contributed by atoms with E-state index in [0.29, 0.717) is 17.6 Å². The number of hydrogen-bond acceptors (Lipinski definition) is 9. The van der Waals surface area contributed by atoms with E-state index in [-0.39, 0.29) is 29.1 Å². The van der Waals surface area contributed by atoms with Crippen molar-refractivity contribution < 1.29 is 43.3 Å². The zero-order valence-corrected chi connectivity index (χ0v) is 18.3. The van der Waals surface area contributed by atoms with Crippen LogP contribution in [0.25, 0.3) is 0 Å². The number of rotatable bonds is 8. The van der Waals surface area contributed by atoms with E-state index in [2.05, 4.69) is 35.6 Å². The molecule has 168 valence electrons. The molecule has 0 saturated heterocycles. The van der Waals surface area contributed by atoms with Gasteiger partial charge < -0.3 is 18.9 Å². The summed E-state index contributed by atoms with van der Waals surface area (Å²) in [6.45, 7) is 6.31. The molecule has 2 rings (SSSR count). The molecule has 1 aliphatic rings. The van der Waals surface area contributed by atoms with E-state index in [0.717, 1.165) is 19.3 Å². The molecule has 0 radical (unpaired) electrons. The third kappa shape index (κ3) is 5.91. The Labute approximate surface area is 176 Å². The summed E-state index contributed by atoms with van der Waals surface area (Å²) in [7, 11) is 4.27. The second-order valence-corrected chi connectivity index (χ2v) is 7.67. The summed E-state index contributed by atoms with van der Waals surface area (Å²) in [4.78, 5) is 33.2. The van der Waals surface area contributed by atoms with Crippen LogP contribution >= 0.6 is 0 Å². The lowest BCUT2D eigenvalue weighted by atomic mass is 9.75. The van der Waals surface area contributed by atoms with Gasteiger partial charge in [-0.2, -0.15) is 0 Å². The molecule has 0 spiro atoms. The van der Waals surface area contributed by atoms with Crippen molar-refractivity contribution in [3.8, 4) is 17.2 Å². The zero-order chi connectivity index (χ0) is 22.3. The van der Waals surface area contributed by atoms with Crippen molar-refractivity contribution in [1.82, 2.24) is 0 Å². The Bertz CT molecular complexity index is 706. The highest BCUT2D eigenvalue weighted by Gasteiger charge is 2.34. The number of hydrogen-bond donors (Lipinski definition) is 0. The third-order valence-corrected chi connectivity index (χ3v) is 5.32. The third-order valence-electron chi connectivity index (χ3n) is 5.32. The molecule has 1 aromatic rings.